The number of aryl methyl sites for hydroxylation is 3. The minimum atomic E-state index is -0.429. The lowest BCUT2D eigenvalue weighted by Gasteiger charge is -2.09. The second-order valence-electron chi connectivity index (χ2n) is 6.22. The predicted octanol–water partition coefficient (Wildman–Crippen LogP) is 2.79. The van der Waals surface area contributed by atoms with Crippen LogP contribution in [0.15, 0.2) is 42.5 Å². The van der Waals surface area contributed by atoms with Crippen LogP contribution >= 0.6 is 0 Å². The highest BCUT2D eigenvalue weighted by Crippen LogP contribution is 2.14. The minimum absolute atomic E-state index is 0.0230. The van der Waals surface area contributed by atoms with Crippen molar-refractivity contribution in [1.82, 2.24) is 10.9 Å². The van der Waals surface area contributed by atoms with Crippen molar-refractivity contribution in [3.8, 4) is 0 Å². The number of rotatable bonds is 5. The Morgan fingerprint density at radius 1 is 0.808 bits per heavy atom. The maximum Gasteiger partial charge on any atom is 0.269 e. The molecule has 0 bridgehead atoms. The lowest BCUT2D eigenvalue weighted by atomic mass is 10.1. The van der Waals surface area contributed by atoms with Crippen LogP contribution in [0.2, 0.25) is 0 Å². The van der Waals surface area contributed by atoms with E-state index < -0.39 is 11.8 Å². The maximum atomic E-state index is 11.9. The van der Waals surface area contributed by atoms with Crippen LogP contribution in [0.4, 0.5) is 5.69 Å². The molecular formula is C20H23N3O3. The lowest BCUT2D eigenvalue weighted by molar-refractivity contribution is -0.124. The van der Waals surface area contributed by atoms with Gasteiger partial charge in [-0.15, -0.1) is 0 Å². The van der Waals surface area contributed by atoms with Gasteiger partial charge in [-0.3, -0.25) is 25.2 Å². The number of hydrogen-bond donors (Lipinski definition) is 3. The number of anilines is 1. The molecule has 6 heteroatoms. The zero-order chi connectivity index (χ0) is 19.1. The number of carbonyl (C=O) groups excluding carboxylic acids is 3. The van der Waals surface area contributed by atoms with Gasteiger partial charge < -0.3 is 5.32 Å². The van der Waals surface area contributed by atoms with Crippen LogP contribution < -0.4 is 16.2 Å². The van der Waals surface area contributed by atoms with Gasteiger partial charge in [0.25, 0.3) is 5.91 Å². The first-order chi connectivity index (χ1) is 12.3. The van der Waals surface area contributed by atoms with Crippen molar-refractivity contribution in [2.75, 3.05) is 5.32 Å². The average molecular weight is 353 g/mol. The van der Waals surface area contributed by atoms with E-state index in [0.29, 0.717) is 11.3 Å². The third kappa shape index (κ3) is 5.73. The molecule has 2 aromatic carbocycles. The summed E-state index contributed by atoms with van der Waals surface area (Å²) < 4.78 is 0. The van der Waals surface area contributed by atoms with Crippen molar-refractivity contribution in [2.45, 2.75) is 33.6 Å². The molecule has 136 valence electrons. The number of hydrogen-bond acceptors (Lipinski definition) is 3. The fourth-order valence-electron chi connectivity index (χ4n) is 2.32. The van der Waals surface area contributed by atoms with Crippen LogP contribution in [0, 0.1) is 20.8 Å². The molecule has 2 aromatic rings. The van der Waals surface area contributed by atoms with Crippen molar-refractivity contribution in [3.63, 3.8) is 0 Å². The van der Waals surface area contributed by atoms with Crippen LogP contribution in [0.25, 0.3) is 0 Å². The van der Waals surface area contributed by atoms with Gasteiger partial charge in [-0.2, -0.15) is 0 Å². The molecular weight excluding hydrogens is 330 g/mol. The zero-order valence-electron chi connectivity index (χ0n) is 15.2. The summed E-state index contributed by atoms with van der Waals surface area (Å²) in [6.07, 6.45) is 0.00382. The first-order valence-corrected chi connectivity index (χ1v) is 8.38. The Morgan fingerprint density at radius 2 is 1.54 bits per heavy atom. The van der Waals surface area contributed by atoms with Gasteiger partial charge >= 0.3 is 0 Å². The van der Waals surface area contributed by atoms with Crippen molar-refractivity contribution in [3.05, 3.63) is 64.7 Å². The van der Waals surface area contributed by atoms with Gasteiger partial charge in [0, 0.05) is 24.1 Å². The highest BCUT2D eigenvalue weighted by Gasteiger charge is 2.10. The first-order valence-electron chi connectivity index (χ1n) is 8.38. The Morgan fingerprint density at radius 3 is 2.23 bits per heavy atom. The van der Waals surface area contributed by atoms with Gasteiger partial charge in [-0.25, -0.2) is 0 Å². The third-order valence-electron chi connectivity index (χ3n) is 3.97. The second-order valence-corrected chi connectivity index (χ2v) is 6.22. The molecule has 0 aliphatic rings. The second kappa shape index (κ2) is 8.80. The Kier molecular flexibility index (Phi) is 6.49. The van der Waals surface area contributed by atoms with Crippen molar-refractivity contribution >= 4 is 23.4 Å². The summed E-state index contributed by atoms with van der Waals surface area (Å²) in [5.41, 5.74) is 9.00. The molecule has 0 aromatic heterocycles. The predicted molar refractivity (Wildman–Crippen MR) is 101 cm³/mol. The van der Waals surface area contributed by atoms with E-state index in [9.17, 15) is 14.4 Å². The summed E-state index contributed by atoms with van der Waals surface area (Å²) in [5.74, 6) is -1.09. The summed E-state index contributed by atoms with van der Waals surface area (Å²) in [7, 11) is 0. The first kappa shape index (κ1) is 19.2. The Balaban J connectivity index is 1.74. The molecule has 0 saturated heterocycles. The van der Waals surface area contributed by atoms with Crippen molar-refractivity contribution in [2.24, 2.45) is 0 Å². The van der Waals surface area contributed by atoms with Crippen LogP contribution in [0.3, 0.4) is 0 Å². The van der Waals surface area contributed by atoms with Gasteiger partial charge in [0.05, 0.1) is 0 Å². The topological polar surface area (TPSA) is 87.3 Å². The van der Waals surface area contributed by atoms with Gasteiger partial charge in [0.15, 0.2) is 0 Å². The van der Waals surface area contributed by atoms with E-state index in [2.05, 4.69) is 16.2 Å². The number of amides is 3. The molecule has 0 saturated carbocycles. The number of hydrazine groups is 1. The highest BCUT2D eigenvalue weighted by molar-refractivity contribution is 5.96. The van der Waals surface area contributed by atoms with Gasteiger partial charge in [-0.05, 0) is 56.2 Å². The Hall–Kier alpha value is -3.15. The van der Waals surface area contributed by atoms with Gasteiger partial charge in [0.2, 0.25) is 11.8 Å². The Bertz CT molecular complexity index is 831. The van der Waals surface area contributed by atoms with E-state index in [1.807, 2.05) is 45.0 Å². The summed E-state index contributed by atoms with van der Waals surface area (Å²) in [6, 6.07) is 12.7. The summed E-state index contributed by atoms with van der Waals surface area (Å²) >= 11 is 0. The molecule has 2 rings (SSSR count). The molecule has 0 atom stereocenters. The monoisotopic (exact) mass is 353 g/mol. The molecule has 0 unspecified atom stereocenters. The van der Waals surface area contributed by atoms with Gasteiger partial charge in [0.1, 0.15) is 0 Å². The normalized spacial score (nSPS) is 10.1. The number of carbonyl (C=O) groups is 3. The molecule has 26 heavy (non-hydrogen) atoms. The Labute approximate surface area is 153 Å². The number of nitrogens with one attached hydrogen (secondary N) is 3. The van der Waals surface area contributed by atoms with Gasteiger partial charge in [-0.1, -0.05) is 23.8 Å². The van der Waals surface area contributed by atoms with E-state index in [-0.39, 0.29) is 18.7 Å². The standard InChI is InChI=1S/C20H23N3O3/c1-13-5-4-6-16(11-13)20(26)23-22-19(25)10-9-18(24)21-17-8-7-14(2)15(3)12-17/h4-8,11-12H,9-10H2,1-3H3,(H,21,24)(H,22,25)(H,23,26). The van der Waals surface area contributed by atoms with E-state index in [4.69, 9.17) is 0 Å². The molecule has 6 nitrogen and oxygen atoms in total. The summed E-state index contributed by atoms with van der Waals surface area (Å²) in [6.45, 7) is 5.84. The molecule has 3 N–H and O–H groups in total. The maximum absolute atomic E-state index is 11.9. The third-order valence-corrected chi connectivity index (χ3v) is 3.97. The average Bonchev–Trinajstić information content (AvgIpc) is 2.61. The van der Waals surface area contributed by atoms with E-state index in [1.54, 1.807) is 18.2 Å². The van der Waals surface area contributed by atoms with E-state index >= 15 is 0 Å². The molecule has 0 fully saturated rings. The smallest absolute Gasteiger partial charge is 0.269 e. The molecule has 0 aliphatic carbocycles. The highest BCUT2D eigenvalue weighted by atomic mass is 16.2. The van der Waals surface area contributed by atoms with E-state index in [0.717, 1.165) is 16.7 Å². The summed E-state index contributed by atoms with van der Waals surface area (Å²) in [5, 5.41) is 2.76. The molecule has 0 aliphatic heterocycles. The van der Waals surface area contributed by atoms with E-state index in [1.165, 1.54) is 0 Å². The van der Waals surface area contributed by atoms with Crippen LogP contribution in [0.1, 0.15) is 39.9 Å². The molecule has 0 spiro atoms. The molecule has 3 amide bonds. The van der Waals surface area contributed by atoms with Crippen molar-refractivity contribution in [1.29, 1.82) is 0 Å². The largest absolute Gasteiger partial charge is 0.326 e. The zero-order valence-corrected chi connectivity index (χ0v) is 15.2. The van der Waals surface area contributed by atoms with Crippen LogP contribution in [-0.2, 0) is 9.59 Å². The quantitative estimate of drug-likeness (QED) is 0.722. The lowest BCUT2D eigenvalue weighted by Crippen LogP contribution is -2.41. The SMILES string of the molecule is Cc1cccc(C(=O)NNC(=O)CCC(=O)Nc2ccc(C)c(C)c2)c1. The minimum Gasteiger partial charge on any atom is -0.326 e. The number of benzene rings is 2. The fourth-order valence-corrected chi connectivity index (χ4v) is 2.32. The van der Waals surface area contributed by atoms with Crippen LogP contribution in [0.5, 0.6) is 0 Å². The molecule has 0 radical (unpaired) electrons. The summed E-state index contributed by atoms with van der Waals surface area (Å²) in [4.78, 5) is 35.7. The fraction of sp³-hybridized carbons (Fsp3) is 0.250. The van der Waals surface area contributed by atoms with Crippen molar-refractivity contribution < 1.29 is 14.4 Å². The molecule has 0 heterocycles. The van der Waals surface area contributed by atoms with Crippen LogP contribution in [-0.4, -0.2) is 17.7 Å².